The lowest BCUT2D eigenvalue weighted by Crippen LogP contribution is -2.48. The molecule has 2 aliphatic heterocycles. The summed E-state index contributed by atoms with van der Waals surface area (Å²) in [5.74, 6) is 2.56. The van der Waals surface area contributed by atoms with Crippen LogP contribution in [-0.2, 0) is 0 Å². The standard InChI is InChI=1S/C27H25N3O2/c31-27(20-7-5-19(6-8-20)25-2-1-15-32-25)28-22-10-13-24-21(16-22)9-14-26(29-24)30-17-18-3-11-23(30)12-4-18/h1-2,5-10,13-16,18,23H,3-4,11-12,17H2,(H,28,31). The molecule has 1 N–H and O–H groups in total. The molecule has 2 bridgehead atoms. The van der Waals surface area contributed by atoms with Gasteiger partial charge in [-0.15, -0.1) is 0 Å². The van der Waals surface area contributed by atoms with Crippen LogP contribution in [0.1, 0.15) is 36.0 Å². The van der Waals surface area contributed by atoms with Gasteiger partial charge < -0.3 is 14.6 Å². The van der Waals surface area contributed by atoms with Gasteiger partial charge in [-0.05, 0) is 86.2 Å². The number of anilines is 2. The molecule has 3 fully saturated rings. The fraction of sp³-hybridized carbons (Fsp3) is 0.259. The topological polar surface area (TPSA) is 58.4 Å². The SMILES string of the molecule is O=C(Nc1ccc2nc(N3CC4CCC3CC4)ccc2c1)c1ccc(-c2ccco2)cc1. The second-order valence-electron chi connectivity index (χ2n) is 8.91. The number of aromatic nitrogens is 1. The number of amides is 1. The molecule has 2 saturated heterocycles. The van der Waals surface area contributed by atoms with Gasteiger partial charge in [0.1, 0.15) is 11.6 Å². The van der Waals surface area contributed by atoms with Crippen LogP contribution in [0.5, 0.6) is 0 Å². The van der Waals surface area contributed by atoms with E-state index in [1.54, 1.807) is 6.26 Å². The molecule has 5 nitrogen and oxygen atoms in total. The summed E-state index contributed by atoms with van der Waals surface area (Å²) < 4.78 is 5.41. The number of nitrogens with one attached hydrogen (secondary N) is 1. The molecule has 0 unspecified atom stereocenters. The lowest BCUT2D eigenvalue weighted by atomic mass is 9.80. The summed E-state index contributed by atoms with van der Waals surface area (Å²) in [4.78, 5) is 20.2. The second-order valence-corrected chi connectivity index (χ2v) is 8.91. The molecule has 0 atom stereocenters. The van der Waals surface area contributed by atoms with E-state index < -0.39 is 0 Å². The number of rotatable bonds is 4. The molecule has 160 valence electrons. The maximum Gasteiger partial charge on any atom is 0.255 e. The van der Waals surface area contributed by atoms with E-state index in [4.69, 9.17) is 9.40 Å². The van der Waals surface area contributed by atoms with Gasteiger partial charge in [-0.2, -0.15) is 0 Å². The molecule has 1 amide bonds. The fourth-order valence-corrected chi connectivity index (χ4v) is 5.13. The number of pyridine rings is 1. The average molecular weight is 424 g/mol. The van der Waals surface area contributed by atoms with Gasteiger partial charge in [-0.1, -0.05) is 12.1 Å². The minimum absolute atomic E-state index is 0.135. The molecule has 7 rings (SSSR count). The molecular weight excluding hydrogens is 398 g/mol. The number of benzene rings is 2. The Morgan fingerprint density at radius 3 is 2.53 bits per heavy atom. The van der Waals surface area contributed by atoms with Crippen LogP contribution >= 0.6 is 0 Å². The number of carbonyl (C=O) groups excluding carboxylic acids is 1. The van der Waals surface area contributed by atoms with Crippen LogP contribution in [0.3, 0.4) is 0 Å². The Morgan fingerprint density at radius 2 is 1.81 bits per heavy atom. The number of carbonyl (C=O) groups is 1. The third kappa shape index (κ3) is 3.54. The molecule has 2 aromatic carbocycles. The average Bonchev–Trinajstić information content (AvgIpc) is 3.40. The van der Waals surface area contributed by atoms with Crippen LogP contribution in [0.25, 0.3) is 22.2 Å². The predicted molar refractivity (Wildman–Crippen MR) is 127 cm³/mol. The van der Waals surface area contributed by atoms with Gasteiger partial charge in [0.25, 0.3) is 5.91 Å². The van der Waals surface area contributed by atoms with Crippen molar-refractivity contribution in [3.63, 3.8) is 0 Å². The van der Waals surface area contributed by atoms with Gasteiger partial charge in [0.15, 0.2) is 0 Å². The van der Waals surface area contributed by atoms with Gasteiger partial charge in [0.05, 0.1) is 11.8 Å². The molecular formula is C27H25N3O2. The van der Waals surface area contributed by atoms with Gasteiger partial charge >= 0.3 is 0 Å². The van der Waals surface area contributed by atoms with Crippen molar-refractivity contribution in [1.82, 2.24) is 4.98 Å². The number of furan rings is 1. The lowest BCUT2D eigenvalue weighted by Gasteiger charge is -2.46. The van der Waals surface area contributed by atoms with E-state index in [0.717, 1.165) is 46.2 Å². The molecule has 4 heterocycles. The van der Waals surface area contributed by atoms with Crippen LogP contribution < -0.4 is 10.2 Å². The predicted octanol–water partition coefficient (Wildman–Crippen LogP) is 6.13. The number of hydrogen-bond donors (Lipinski definition) is 1. The maximum atomic E-state index is 12.7. The first-order chi connectivity index (χ1) is 15.7. The summed E-state index contributed by atoms with van der Waals surface area (Å²) in [7, 11) is 0. The van der Waals surface area contributed by atoms with Crippen molar-refractivity contribution in [3.8, 4) is 11.3 Å². The third-order valence-electron chi connectivity index (χ3n) is 6.89. The number of nitrogens with zero attached hydrogens (tertiary/aromatic N) is 2. The quantitative estimate of drug-likeness (QED) is 0.429. The Hall–Kier alpha value is -3.60. The van der Waals surface area contributed by atoms with Crippen LogP contribution in [0.15, 0.2) is 77.4 Å². The fourth-order valence-electron chi connectivity index (χ4n) is 5.13. The number of hydrogen-bond acceptors (Lipinski definition) is 4. The van der Waals surface area contributed by atoms with Gasteiger partial charge in [0.2, 0.25) is 0 Å². The highest BCUT2D eigenvalue weighted by Crippen LogP contribution is 2.37. The van der Waals surface area contributed by atoms with Crippen molar-refractivity contribution in [1.29, 1.82) is 0 Å². The summed E-state index contributed by atoms with van der Waals surface area (Å²) in [6.45, 7) is 1.13. The molecule has 1 aliphatic carbocycles. The summed E-state index contributed by atoms with van der Waals surface area (Å²) in [5.41, 5.74) is 3.28. The molecule has 2 aromatic heterocycles. The molecule has 0 radical (unpaired) electrons. The van der Waals surface area contributed by atoms with E-state index in [-0.39, 0.29) is 5.91 Å². The Kier molecular flexibility index (Phi) is 4.67. The van der Waals surface area contributed by atoms with Gasteiger partial charge in [-0.25, -0.2) is 4.98 Å². The lowest BCUT2D eigenvalue weighted by molar-refractivity contribution is 0.102. The van der Waals surface area contributed by atoms with Crippen molar-refractivity contribution < 1.29 is 9.21 Å². The smallest absolute Gasteiger partial charge is 0.255 e. The van der Waals surface area contributed by atoms with Crippen molar-refractivity contribution in [3.05, 3.63) is 78.6 Å². The maximum absolute atomic E-state index is 12.7. The second kappa shape index (κ2) is 7.83. The molecule has 5 heteroatoms. The van der Waals surface area contributed by atoms with E-state index >= 15 is 0 Å². The molecule has 3 aliphatic rings. The summed E-state index contributed by atoms with van der Waals surface area (Å²) >= 11 is 0. The minimum Gasteiger partial charge on any atom is -0.464 e. The zero-order chi connectivity index (χ0) is 21.5. The number of fused-ring (bicyclic) bond motifs is 4. The highest BCUT2D eigenvalue weighted by Gasteiger charge is 2.34. The van der Waals surface area contributed by atoms with E-state index in [2.05, 4.69) is 22.3 Å². The monoisotopic (exact) mass is 423 g/mol. The van der Waals surface area contributed by atoms with Gasteiger partial charge in [-0.3, -0.25) is 4.79 Å². The summed E-state index contributed by atoms with van der Waals surface area (Å²) in [6, 6.07) is 22.0. The van der Waals surface area contributed by atoms with E-state index in [1.165, 1.54) is 25.7 Å². The molecule has 1 saturated carbocycles. The van der Waals surface area contributed by atoms with Crippen LogP contribution in [0.4, 0.5) is 11.5 Å². The Bertz CT molecular complexity index is 1260. The van der Waals surface area contributed by atoms with E-state index in [0.29, 0.717) is 11.6 Å². The molecule has 0 spiro atoms. The molecule has 4 aromatic rings. The van der Waals surface area contributed by atoms with Crippen molar-refractivity contribution in [2.24, 2.45) is 5.92 Å². The first kappa shape index (κ1) is 19.1. The Balaban J connectivity index is 1.19. The Labute approximate surface area is 187 Å². The van der Waals surface area contributed by atoms with Crippen molar-refractivity contribution in [2.45, 2.75) is 31.7 Å². The van der Waals surface area contributed by atoms with Gasteiger partial charge in [0, 0.05) is 34.8 Å². The zero-order valence-electron chi connectivity index (χ0n) is 17.8. The van der Waals surface area contributed by atoms with Crippen LogP contribution in [0, 0.1) is 5.92 Å². The Morgan fingerprint density at radius 1 is 0.969 bits per heavy atom. The van der Waals surface area contributed by atoms with Crippen LogP contribution in [0.2, 0.25) is 0 Å². The normalized spacial score (nSPS) is 19.9. The van der Waals surface area contributed by atoms with E-state index in [1.807, 2.05) is 54.6 Å². The highest BCUT2D eigenvalue weighted by atomic mass is 16.3. The molecule has 32 heavy (non-hydrogen) atoms. The summed E-state index contributed by atoms with van der Waals surface area (Å²) in [6.07, 6.45) is 6.95. The van der Waals surface area contributed by atoms with Crippen molar-refractivity contribution in [2.75, 3.05) is 16.8 Å². The number of piperidine rings is 2. The largest absolute Gasteiger partial charge is 0.464 e. The van der Waals surface area contributed by atoms with Crippen LogP contribution in [-0.4, -0.2) is 23.5 Å². The third-order valence-corrected chi connectivity index (χ3v) is 6.89. The first-order valence-electron chi connectivity index (χ1n) is 11.4. The summed E-state index contributed by atoms with van der Waals surface area (Å²) in [5, 5.41) is 4.03. The highest BCUT2D eigenvalue weighted by molar-refractivity contribution is 6.05. The van der Waals surface area contributed by atoms with E-state index in [9.17, 15) is 4.79 Å². The first-order valence-corrected chi connectivity index (χ1v) is 11.4. The van der Waals surface area contributed by atoms with Crippen molar-refractivity contribution >= 4 is 28.3 Å². The minimum atomic E-state index is -0.135. The zero-order valence-corrected chi connectivity index (χ0v) is 17.8.